The number of β-amino-alcohol motifs (C(OH)–C–C–N with tert-alkyl or cyclic N) is 1. The van der Waals surface area contributed by atoms with Crippen molar-refractivity contribution in [3.05, 3.63) is 60.6 Å². The van der Waals surface area contributed by atoms with Gasteiger partial charge in [-0.2, -0.15) is 15.5 Å². The highest BCUT2D eigenvalue weighted by molar-refractivity contribution is 7.99. The molecule has 1 atom stereocenters. The van der Waals surface area contributed by atoms with Crippen molar-refractivity contribution in [2.75, 3.05) is 19.6 Å². The molecule has 0 saturated carbocycles. The molecule has 0 bridgehead atoms. The molecule has 0 spiro atoms. The maximum Gasteiger partial charge on any atom is 0.155 e. The summed E-state index contributed by atoms with van der Waals surface area (Å²) in [5, 5.41) is 28.8. The zero-order valence-electron chi connectivity index (χ0n) is 18.9. The van der Waals surface area contributed by atoms with Crippen LogP contribution in [0.4, 0.5) is 4.39 Å². The van der Waals surface area contributed by atoms with Crippen LogP contribution in [-0.4, -0.2) is 59.6 Å². The van der Waals surface area contributed by atoms with E-state index in [0.717, 1.165) is 30.6 Å². The van der Waals surface area contributed by atoms with Crippen LogP contribution in [0.2, 0.25) is 0 Å². The van der Waals surface area contributed by atoms with Gasteiger partial charge in [-0.1, -0.05) is 11.8 Å². The van der Waals surface area contributed by atoms with Crippen LogP contribution in [0, 0.1) is 17.1 Å². The number of hydrogen-bond acceptors (Lipinski definition) is 7. The van der Waals surface area contributed by atoms with Crippen molar-refractivity contribution in [2.45, 2.75) is 41.8 Å². The van der Waals surface area contributed by atoms with Crippen LogP contribution in [0.25, 0.3) is 16.6 Å². The van der Waals surface area contributed by atoms with Crippen LogP contribution < -0.4 is 0 Å². The van der Waals surface area contributed by atoms with Gasteiger partial charge in [0, 0.05) is 54.2 Å². The number of nitrogens with zero attached hydrogens (tertiary/aromatic N) is 7. The number of pyridine rings is 2. The summed E-state index contributed by atoms with van der Waals surface area (Å²) in [6.45, 7) is 6.01. The number of rotatable bonds is 6. The molecule has 0 aliphatic carbocycles. The second-order valence-electron chi connectivity index (χ2n) is 9.15. The van der Waals surface area contributed by atoms with Crippen LogP contribution in [0.1, 0.15) is 31.9 Å². The molecule has 0 amide bonds. The second-order valence-corrected chi connectivity index (χ2v) is 10.2. The van der Waals surface area contributed by atoms with E-state index in [1.54, 1.807) is 16.8 Å². The topological polar surface area (TPSA) is 95.3 Å². The van der Waals surface area contributed by atoms with E-state index in [9.17, 15) is 14.8 Å². The molecule has 174 valence electrons. The SMILES string of the molecule is CC(C)(O)CN1CC[C@H](n2cc(-c3cc(Sc4ncccc4F)c4c(C#N)cnn4c3)cn2)C1. The average molecular weight is 478 g/mol. The largest absolute Gasteiger partial charge is 0.389 e. The number of fused-ring (bicyclic) bond motifs is 1. The average Bonchev–Trinajstić information content (AvgIpc) is 3.53. The summed E-state index contributed by atoms with van der Waals surface area (Å²) >= 11 is 1.17. The van der Waals surface area contributed by atoms with E-state index in [0.29, 0.717) is 22.5 Å². The first-order chi connectivity index (χ1) is 16.3. The molecule has 5 heterocycles. The Bertz CT molecular complexity index is 1380. The van der Waals surface area contributed by atoms with Crippen molar-refractivity contribution in [1.82, 2.24) is 29.3 Å². The molecule has 5 rings (SSSR count). The molecule has 0 unspecified atom stereocenters. The summed E-state index contributed by atoms with van der Waals surface area (Å²) in [6, 6.07) is 7.23. The lowest BCUT2D eigenvalue weighted by atomic mass is 10.1. The van der Waals surface area contributed by atoms with Crippen LogP contribution in [0.3, 0.4) is 0 Å². The van der Waals surface area contributed by atoms with E-state index >= 15 is 0 Å². The number of aliphatic hydroxyl groups is 1. The molecular weight excluding hydrogens is 453 g/mol. The predicted molar refractivity (Wildman–Crippen MR) is 126 cm³/mol. The first-order valence-corrected chi connectivity index (χ1v) is 11.8. The molecule has 10 heteroatoms. The van der Waals surface area contributed by atoms with Gasteiger partial charge in [-0.25, -0.2) is 13.9 Å². The number of likely N-dealkylation sites (tertiary alicyclic amines) is 1. The second kappa shape index (κ2) is 8.83. The quantitative estimate of drug-likeness (QED) is 0.452. The van der Waals surface area contributed by atoms with Gasteiger partial charge in [0.2, 0.25) is 0 Å². The van der Waals surface area contributed by atoms with Gasteiger partial charge in [-0.3, -0.25) is 9.58 Å². The molecule has 1 aliphatic heterocycles. The zero-order valence-corrected chi connectivity index (χ0v) is 19.7. The number of nitriles is 1. The Balaban J connectivity index is 1.47. The summed E-state index contributed by atoms with van der Waals surface area (Å²) in [5.74, 6) is -0.418. The Hall–Kier alpha value is -3.26. The molecule has 1 fully saturated rings. The Kier molecular flexibility index (Phi) is 5.85. The van der Waals surface area contributed by atoms with Crippen LogP contribution in [0.5, 0.6) is 0 Å². The van der Waals surface area contributed by atoms with Crippen LogP contribution in [-0.2, 0) is 0 Å². The molecule has 0 radical (unpaired) electrons. The van der Waals surface area contributed by atoms with Crippen LogP contribution >= 0.6 is 11.8 Å². The van der Waals surface area contributed by atoms with Crippen molar-refractivity contribution in [3.8, 4) is 17.2 Å². The predicted octanol–water partition coefficient (Wildman–Crippen LogP) is 3.77. The van der Waals surface area contributed by atoms with E-state index in [1.165, 1.54) is 24.0 Å². The first-order valence-electron chi connectivity index (χ1n) is 11.0. The third kappa shape index (κ3) is 4.55. The minimum absolute atomic E-state index is 0.228. The van der Waals surface area contributed by atoms with Crippen molar-refractivity contribution >= 4 is 17.3 Å². The minimum atomic E-state index is -0.729. The molecule has 1 aliphatic rings. The summed E-state index contributed by atoms with van der Waals surface area (Å²) in [4.78, 5) is 7.09. The lowest BCUT2D eigenvalue weighted by Crippen LogP contribution is -2.37. The third-order valence-corrected chi connectivity index (χ3v) is 6.82. The van der Waals surface area contributed by atoms with Crippen molar-refractivity contribution in [1.29, 1.82) is 5.26 Å². The summed E-state index contributed by atoms with van der Waals surface area (Å²) in [6.07, 6.45) is 9.68. The lowest BCUT2D eigenvalue weighted by Gasteiger charge is -2.25. The van der Waals surface area contributed by atoms with Gasteiger partial charge in [-0.15, -0.1) is 0 Å². The van der Waals surface area contributed by atoms with E-state index in [4.69, 9.17) is 0 Å². The van der Waals surface area contributed by atoms with Crippen molar-refractivity contribution in [2.24, 2.45) is 0 Å². The Morgan fingerprint density at radius 3 is 2.88 bits per heavy atom. The van der Waals surface area contributed by atoms with E-state index in [2.05, 4.69) is 26.2 Å². The Morgan fingerprint density at radius 1 is 1.26 bits per heavy atom. The molecule has 4 aromatic rings. The molecule has 1 N–H and O–H groups in total. The maximum atomic E-state index is 14.3. The first kappa shape index (κ1) is 22.5. The Labute approximate surface area is 200 Å². The van der Waals surface area contributed by atoms with Gasteiger partial charge in [0.15, 0.2) is 5.82 Å². The molecule has 4 aromatic heterocycles. The molecule has 1 saturated heterocycles. The summed E-state index contributed by atoms with van der Waals surface area (Å²) in [7, 11) is 0. The van der Waals surface area contributed by atoms with Gasteiger partial charge in [0.25, 0.3) is 0 Å². The molecule has 34 heavy (non-hydrogen) atoms. The summed E-state index contributed by atoms with van der Waals surface area (Å²) in [5.41, 5.74) is 2.06. The maximum absolute atomic E-state index is 14.3. The molecule has 8 nitrogen and oxygen atoms in total. The van der Waals surface area contributed by atoms with Gasteiger partial charge in [-0.05, 0) is 38.5 Å². The Morgan fingerprint density at radius 2 is 2.12 bits per heavy atom. The standard InChI is InChI=1S/C24H24FN7OS/c1-24(2,33)15-30-7-5-19(14-30)31-13-18(11-28-31)16-8-21(34-23-20(25)4-3-6-27-23)22-17(9-26)10-29-32(22)12-16/h3-4,6,8,10-13,19,33H,5,7,14-15H2,1-2H3/t19-/m0/s1. The number of halogens is 1. The van der Waals surface area contributed by atoms with E-state index in [1.807, 2.05) is 43.2 Å². The fraction of sp³-hybridized carbons (Fsp3) is 0.333. The highest BCUT2D eigenvalue weighted by atomic mass is 32.2. The van der Waals surface area contributed by atoms with Crippen LogP contribution in [0.15, 0.2) is 59.1 Å². The molecule has 0 aromatic carbocycles. The normalized spacial score (nSPS) is 16.9. The summed E-state index contributed by atoms with van der Waals surface area (Å²) < 4.78 is 17.9. The monoisotopic (exact) mass is 477 g/mol. The highest BCUT2D eigenvalue weighted by Gasteiger charge is 2.28. The van der Waals surface area contributed by atoms with E-state index < -0.39 is 11.4 Å². The lowest BCUT2D eigenvalue weighted by molar-refractivity contribution is 0.0428. The number of aromatic nitrogens is 5. The third-order valence-electron chi connectivity index (χ3n) is 5.80. The molecular formula is C24H24FN7OS. The van der Waals surface area contributed by atoms with Gasteiger partial charge >= 0.3 is 0 Å². The van der Waals surface area contributed by atoms with E-state index in [-0.39, 0.29) is 11.1 Å². The smallest absolute Gasteiger partial charge is 0.155 e. The van der Waals surface area contributed by atoms with Gasteiger partial charge in [0.05, 0.1) is 35.1 Å². The van der Waals surface area contributed by atoms with Crippen molar-refractivity contribution in [3.63, 3.8) is 0 Å². The highest BCUT2D eigenvalue weighted by Crippen LogP contribution is 2.36. The fourth-order valence-electron chi connectivity index (χ4n) is 4.36. The number of hydrogen-bond donors (Lipinski definition) is 1. The van der Waals surface area contributed by atoms with Gasteiger partial charge in [0.1, 0.15) is 11.1 Å². The minimum Gasteiger partial charge on any atom is -0.389 e. The fourth-order valence-corrected chi connectivity index (χ4v) is 5.33. The van der Waals surface area contributed by atoms with Gasteiger partial charge < -0.3 is 5.11 Å². The van der Waals surface area contributed by atoms with Crippen molar-refractivity contribution < 1.29 is 9.50 Å². The zero-order chi connectivity index (χ0) is 23.9.